The highest BCUT2D eigenvalue weighted by molar-refractivity contribution is 14.0. The molecule has 2 N–H and O–H groups in total. The van der Waals surface area contributed by atoms with Gasteiger partial charge in [0.25, 0.3) is 0 Å². The van der Waals surface area contributed by atoms with Gasteiger partial charge >= 0.3 is 6.18 Å². The molecule has 5 nitrogen and oxygen atoms in total. The molecule has 10 heteroatoms. The molecule has 0 fully saturated rings. The molecule has 0 radical (unpaired) electrons. The Morgan fingerprint density at radius 3 is 2.52 bits per heavy atom. The number of nitrogens with zero attached hydrogens (tertiary/aromatic N) is 2. The molecule has 2 aromatic rings. The van der Waals surface area contributed by atoms with Crippen LogP contribution in [0.25, 0.3) is 0 Å². The molecule has 0 amide bonds. The lowest BCUT2D eigenvalue weighted by atomic mass is 10.2. The summed E-state index contributed by atoms with van der Waals surface area (Å²) >= 11 is 1.61. The van der Waals surface area contributed by atoms with Crippen molar-refractivity contribution in [3.8, 4) is 5.75 Å². The van der Waals surface area contributed by atoms with Crippen molar-refractivity contribution in [3.63, 3.8) is 0 Å². The van der Waals surface area contributed by atoms with Crippen molar-refractivity contribution in [1.29, 1.82) is 0 Å². The fraction of sp³-hybridized carbons (Fsp3) is 0.412. The number of rotatable bonds is 6. The van der Waals surface area contributed by atoms with Gasteiger partial charge in [0.05, 0.1) is 24.3 Å². The van der Waals surface area contributed by atoms with Gasteiger partial charge in [0.1, 0.15) is 17.4 Å². The van der Waals surface area contributed by atoms with Crippen LogP contribution in [0.3, 0.4) is 0 Å². The summed E-state index contributed by atoms with van der Waals surface area (Å²) in [5.74, 6) is 0.349. The fourth-order valence-electron chi connectivity index (χ4n) is 2.15. The zero-order valence-corrected chi connectivity index (χ0v) is 18.3. The molecule has 2 rings (SSSR count). The van der Waals surface area contributed by atoms with Gasteiger partial charge in [-0.25, -0.2) is 4.98 Å². The molecule has 0 aliphatic rings. The highest BCUT2D eigenvalue weighted by Crippen LogP contribution is 2.35. The number of aliphatic imine (C=N–C) groups is 1. The molecule has 0 atom stereocenters. The number of halogens is 4. The van der Waals surface area contributed by atoms with Crippen LogP contribution in [0.2, 0.25) is 0 Å². The number of alkyl halides is 3. The van der Waals surface area contributed by atoms with E-state index in [1.165, 1.54) is 23.1 Å². The third-order valence-corrected chi connectivity index (χ3v) is 4.62. The molecule has 0 aliphatic carbocycles. The maximum Gasteiger partial charge on any atom is 0.419 e. The predicted molar refractivity (Wildman–Crippen MR) is 112 cm³/mol. The number of para-hydroxylation sites is 1. The van der Waals surface area contributed by atoms with E-state index >= 15 is 0 Å². The SMILES string of the molecule is CN=C(NCCOc1ccccc1C(F)(F)F)NCc1nc(C)c(C)s1.I. The quantitative estimate of drug-likeness (QED) is 0.264. The highest BCUT2D eigenvalue weighted by Gasteiger charge is 2.33. The second kappa shape index (κ2) is 10.7. The third kappa shape index (κ3) is 7.17. The van der Waals surface area contributed by atoms with E-state index in [0.29, 0.717) is 19.0 Å². The summed E-state index contributed by atoms with van der Waals surface area (Å²) < 4.78 is 44.0. The van der Waals surface area contributed by atoms with Crippen LogP contribution in [0.15, 0.2) is 29.3 Å². The van der Waals surface area contributed by atoms with E-state index in [2.05, 4.69) is 20.6 Å². The minimum absolute atomic E-state index is 0. The van der Waals surface area contributed by atoms with Crippen molar-refractivity contribution in [3.05, 3.63) is 45.4 Å². The van der Waals surface area contributed by atoms with E-state index in [9.17, 15) is 13.2 Å². The monoisotopic (exact) mass is 514 g/mol. The minimum Gasteiger partial charge on any atom is -0.491 e. The van der Waals surface area contributed by atoms with Gasteiger partial charge < -0.3 is 15.4 Å². The van der Waals surface area contributed by atoms with Crippen LogP contribution < -0.4 is 15.4 Å². The predicted octanol–water partition coefficient (Wildman–Crippen LogP) is 4.14. The molecule has 0 unspecified atom stereocenters. The van der Waals surface area contributed by atoms with Crippen LogP contribution in [0, 0.1) is 13.8 Å². The van der Waals surface area contributed by atoms with E-state index in [1.54, 1.807) is 18.4 Å². The van der Waals surface area contributed by atoms with Crippen LogP contribution in [0.4, 0.5) is 13.2 Å². The number of hydrogen-bond donors (Lipinski definition) is 2. The summed E-state index contributed by atoms with van der Waals surface area (Å²) in [5.41, 5.74) is 0.225. The molecule has 0 saturated heterocycles. The lowest BCUT2D eigenvalue weighted by Crippen LogP contribution is -2.38. The van der Waals surface area contributed by atoms with Crippen LogP contribution in [-0.4, -0.2) is 31.1 Å². The second-order valence-electron chi connectivity index (χ2n) is 5.44. The maximum atomic E-state index is 12.9. The van der Waals surface area contributed by atoms with E-state index in [-0.39, 0.29) is 36.3 Å². The van der Waals surface area contributed by atoms with Crippen molar-refractivity contribution in [1.82, 2.24) is 15.6 Å². The molecule has 150 valence electrons. The highest BCUT2D eigenvalue weighted by atomic mass is 127. The van der Waals surface area contributed by atoms with Gasteiger partial charge in [-0.05, 0) is 26.0 Å². The van der Waals surface area contributed by atoms with Gasteiger partial charge in [0.15, 0.2) is 5.96 Å². The Hall–Kier alpha value is -1.56. The van der Waals surface area contributed by atoms with Crippen LogP contribution in [-0.2, 0) is 12.7 Å². The molecular formula is C17H22F3IN4OS. The van der Waals surface area contributed by atoms with Gasteiger partial charge in [0, 0.05) is 11.9 Å². The third-order valence-electron chi connectivity index (χ3n) is 3.55. The lowest BCUT2D eigenvalue weighted by Gasteiger charge is -2.15. The van der Waals surface area contributed by atoms with Gasteiger partial charge in [-0.15, -0.1) is 35.3 Å². The van der Waals surface area contributed by atoms with Gasteiger partial charge in [-0.2, -0.15) is 13.2 Å². The van der Waals surface area contributed by atoms with Crippen molar-refractivity contribution in [2.75, 3.05) is 20.2 Å². The molecule has 0 spiro atoms. The van der Waals surface area contributed by atoms with Crippen molar-refractivity contribution in [2.45, 2.75) is 26.6 Å². The van der Waals surface area contributed by atoms with Gasteiger partial charge in [-0.1, -0.05) is 12.1 Å². The van der Waals surface area contributed by atoms with Crippen molar-refractivity contribution < 1.29 is 17.9 Å². The first-order chi connectivity index (χ1) is 12.3. The largest absolute Gasteiger partial charge is 0.491 e. The summed E-state index contributed by atoms with van der Waals surface area (Å²) in [6.45, 7) is 4.88. The Morgan fingerprint density at radius 1 is 1.22 bits per heavy atom. The molecule has 0 aliphatic heterocycles. The number of aromatic nitrogens is 1. The second-order valence-corrected chi connectivity index (χ2v) is 6.73. The Labute approximate surface area is 177 Å². The molecular weight excluding hydrogens is 492 g/mol. The number of benzene rings is 1. The van der Waals surface area contributed by atoms with E-state index in [0.717, 1.165) is 16.8 Å². The normalized spacial score (nSPS) is 11.7. The molecule has 1 aromatic carbocycles. The average Bonchev–Trinajstić information content (AvgIpc) is 2.91. The molecule has 0 saturated carbocycles. The number of thiazole rings is 1. The zero-order valence-electron chi connectivity index (χ0n) is 15.2. The summed E-state index contributed by atoms with van der Waals surface area (Å²) in [6, 6.07) is 5.16. The number of ether oxygens (including phenoxy) is 1. The Balaban J connectivity index is 0.00000364. The summed E-state index contributed by atoms with van der Waals surface area (Å²) in [7, 11) is 1.62. The zero-order chi connectivity index (χ0) is 19.2. The standard InChI is InChI=1S/C17H21F3N4OS.HI/c1-11-12(2)26-15(24-11)10-23-16(21-3)22-8-9-25-14-7-5-4-6-13(14)17(18,19)20;/h4-7H,8-10H2,1-3H3,(H2,21,22,23);1H. The van der Waals surface area contributed by atoms with Crippen LogP contribution in [0.1, 0.15) is 21.1 Å². The first-order valence-corrected chi connectivity index (χ1v) is 8.79. The summed E-state index contributed by atoms with van der Waals surface area (Å²) in [5, 5.41) is 7.05. The topological polar surface area (TPSA) is 58.5 Å². The smallest absolute Gasteiger partial charge is 0.419 e. The Bertz CT molecular complexity index is 745. The first kappa shape index (κ1) is 23.5. The number of hydrogen-bond acceptors (Lipinski definition) is 4. The average molecular weight is 514 g/mol. The number of guanidine groups is 1. The van der Waals surface area contributed by atoms with Crippen LogP contribution >= 0.6 is 35.3 Å². The van der Waals surface area contributed by atoms with Gasteiger partial charge in [0.2, 0.25) is 0 Å². The van der Waals surface area contributed by atoms with Gasteiger partial charge in [-0.3, -0.25) is 4.99 Å². The lowest BCUT2D eigenvalue weighted by molar-refractivity contribution is -0.138. The molecule has 1 aromatic heterocycles. The molecule has 1 heterocycles. The van der Waals surface area contributed by atoms with E-state index in [1.807, 2.05) is 13.8 Å². The number of aryl methyl sites for hydroxylation is 2. The summed E-state index contributed by atoms with van der Waals surface area (Å²) in [6.07, 6.45) is -4.44. The fourth-order valence-corrected chi connectivity index (χ4v) is 3.03. The number of nitrogens with one attached hydrogen (secondary N) is 2. The molecule has 0 bridgehead atoms. The van der Waals surface area contributed by atoms with Crippen LogP contribution in [0.5, 0.6) is 5.75 Å². The van der Waals surface area contributed by atoms with E-state index in [4.69, 9.17) is 4.74 Å². The maximum absolute atomic E-state index is 12.9. The minimum atomic E-state index is -4.44. The van der Waals surface area contributed by atoms with E-state index < -0.39 is 11.7 Å². The van der Waals surface area contributed by atoms with Crippen molar-refractivity contribution >= 4 is 41.3 Å². The Kier molecular flexibility index (Phi) is 9.30. The first-order valence-electron chi connectivity index (χ1n) is 7.97. The molecule has 27 heavy (non-hydrogen) atoms. The van der Waals surface area contributed by atoms with Crippen molar-refractivity contribution in [2.24, 2.45) is 4.99 Å². The Morgan fingerprint density at radius 2 is 1.93 bits per heavy atom. The summed E-state index contributed by atoms with van der Waals surface area (Å²) in [4.78, 5) is 9.66.